The van der Waals surface area contributed by atoms with Gasteiger partial charge in [-0.1, -0.05) is 42.7 Å². The highest BCUT2D eigenvalue weighted by molar-refractivity contribution is 5.86. The number of hydrogen-bond donors (Lipinski definition) is 2. The summed E-state index contributed by atoms with van der Waals surface area (Å²) in [5.74, 6) is -0.0628. The molecule has 0 saturated heterocycles. The molecule has 4 heteroatoms. The van der Waals surface area contributed by atoms with Gasteiger partial charge in [-0.25, -0.2) is 0 Å². The van der Waals surface area contributed by atoms with Crippen molar-refractivity contribution in [1.82, 2.24) is 5.32 Å². The van der Waals surface area contributed by atoms with Crippen LogP contribution < -0.4 is 11.1 Å². The van der Waals surface area contributed by atoms with Crippen molar-refractivity contribution in [1.29, 1.82) is 0 Å². The van der Waals surface area contributed by atoms with Gasteiger partial charge >= 0.3 is 0 Å². The highest BCUT2D eigenvalue weighted by atomic mass is 16.2. The summed E-state index contributed by atoms with van der Waals surface area (Å²) in [5, 5.41) is 2.80. The van der Waals surface area contributed by atoms with E-state index in [1.54, 1.807) is 0 Å². The summed E-state index contributed by atoms with van der Waals surface area (Å²) in [6, 6.07) is 7.29. The van der Waals surface area contributed by atoms with Gasteiger partial charge in [0.2, 0.25) is 11.8 Å². The lowest BCUT2D eigenvalue weighted by atomic mass is 10.0. The SMILES string of the molecule is Cc1cccc(C[C@@H](NC(=O)CC2CCCC2)C(N)=O)c1. The number of carbonyl (C=O) groups excluding carboxylic acids is 2. The van der Waals surface area contributed by atoms with Crippen LogP contribution in [0.1, 0.15) is 43.2 Å². The van der Waals surface area contributed by atoms with Crippen molar-refractivity contribution in [3.63, 3.8) is 0 Å². The van der Waals surface area contributed by atoms with E-state index in [0.29, 0.717) is 18.8 Å². The van der Waals surface area contributed by atoms with E-state index in [4.69, 9.17) is 5.73 Å². The highest BCUT2D eigenvalue weighted by Crippen LogP contribution is 2.27. The quantitative estimate of drug-likeness (QED) is 0.841. The Balaban J connectivity index is 1.92. The maximum absolute atomic E-state index is 12.1. The van der Waals surface area contributed by atoms with Gasteiger partial charge in [-0.2, -0.15) is 0 Å². The molecule has 1 aliphatic carbocycles. The summed E-state index contributed by atoms with van der Waals surface area (Å²) in [6.07, 6.45) is 5.62. The summed E-state index contributed by atoms with van der Waals surface area (Å²) < 4.78 is 0. The molecule has 0 aromatic heterocycles. The zero-order valence-corrected chi connectivity index (χ0v) is 12.6. The van der Waals surface area contributed by atoms with Gasteiger partial charge in [0.05, 0.1) is 0 Å². The first kappa shape index (κ1) is 15.5. The molecule has 4 nitrogen and oxygen atoms in total. The van der Waals surface area contributed by atoms with Gasteiger partial charge in [0.1, 0.15) is 6.04 Å². The molecule has 1 fully saturated rings. The van der Waals surface area contributed by atoms with Crippen LogP contribution in [0.25, 0.3) is 0 Å². The number of rotatable bonds is 6. The molecule has 114 valence electrons. The predicted molar refractivity (Wildman–Crippen MR) is 82.6 cm³/mol. The molecule has 0 bridgehead atoms. The van der Waals surface area contributed by atoms with Gasteiger partial charge in [0, 0.05) is 12.8 Å². The Kier molecular flexibility index (Phi) is 5.37. The van der Waals surface area contributed by atoms with Crippen molar-refractivity contribution in [2.45, 2.75) is 51.5 Å². The molecule has 1 aromatic carbocycles. The monoisotopic (exact) mass is 288 g/mol. The second kappa shape index (κ2) is 7.25. The van der Waals surface area contributed by atoms with Gasteiger partial charge in [-0.05, 0) is 31.2 Å². The molecule has 21 heavy (non-hydrogen) atoms. The Morgan fingerprint density at radius 3 is 2.67 bits per heavy atom. The summed E-state index contributed by atoms with van der Waals surface area (Å²) in [5.41, 5.74) is 7.57. The van der Waals surface area contributed by atoms with Crippen LogP contribution in [0.15, 0.2) is 24.3 Å². The van der Waals surface area contributed by atoms with E-state index in [9.17, 15) is 9.59 Å². The average Bonchev–Trinajstić information content (AvgIpc) is 2.90. The first-order valence-corrected chi connectivity index (χ1v) is 7.69. The number of nitrogens with one attached hydrogen (secondary N) is 1. The number of hydrogen-bond acceptors (Lipinski definition) is 2. The van der Waals surface area contributed by atoms with E-state index in [0.717, 1.165) is 24.0 Å². The van der Waals surface area contributed by atoms with E-state index in [1.807, 2.05) is 31.2 Å². The van der Waals surface area contributed by atoms with Crippen LogP contribution in [0.5, 0.6) is 0 Å². The van der Waals surface area contributed by atoms with Crippen molar-refractivity contribution in [2.24, 2.45) is 11.7 Å². The van der Waals surface area contributed by atoms with Crippen LogP contribution in [-0.2, 0) is 16.0 Å². The van der Waals surface area contributed by atoms with Crippen molar-refractivity contribution in [2.75, 3.05) is 0 Å². The number of amides is 2. The predicted octanol–water partition coefficient (Wildman–Crippen LogP) is 2.09. The molecule has 0 unspecified atom stereocenters. The highest BCUT2D eigenvalue weighted by Gasteiger charge is 2.22. The number of nitrogens with two attached hydrogens (primary N) is 1. The lowest BCUT2D eigenvalue weighted by Gasteiger charge is -2.17. The van der Waals surface area contributed by atoms with E-state index in [2.05, 4.69) is 5.32 Å². The Labute approximate surface area is 126 Å². The number of carbonyl (C=O) groups is 2. The molecular formula is C17H24N2O2. The smallest absolute Gasteiger partial charge is 0.240 e. The Bertz CT molecular complexity index is 507. The molecule has 2 rings (SSSR count). The van der Waals surface area contributed by atoms with Crippen molar-refractivity contribution in [3.05, 3.63) is 35.4 Å². The van der Waals surface area contributed by atoms with Crippen LogP contribution >= 0.6 is 0 Å². The molecule has 2 amide bonds. The van der Waals surface area contributed by atoms with Crippen LogP contribution in [0.2, 0.25) is 0 Å². The maximum atomic E-state index is 12.1. The van der Waals surface area contributed by atoms with Gasteiger partial charge in [-0.3, -0.25) is 9.59 Å². The third-order valence-electron chi connectivity index (χ3n) is 4.15. The fourth-order valence-electron chi connectivity index (χ4n) is 3.03. The first-order valence-electron chi connectivity index (χ1n) is 7.69. The zero-order valence-electron chi connectivity index (χ0n) is 12.6. The Morgan fingerprint density at radius 2 is 2.05 bits per heavy atom. The van der Waals surface area contributed by atoms with Crippen molar-refractivity contribution in [3.8, 4) is 0 Å². The van der Waals surface area contributed by atoms with Gasteiger partial charge in [-0.15, -0.1) is 0 Å². The number of primary amides is 1. The van der Waals surface area contributed by atoms with Crippen LogP contribution in [0.4, 0.5) is 0 Å². The zero-order chi connectivity index (χ0) is 15.2. The van der Waals surface area contributed by atoms with Crippen LogP contribution in [0.3, 0.4) is 0 Å². The van der Waals surface area contributed by atoms with E-state index < -0.39 is 11.9 Å². The minimum Gasteiger partial charge on any atom is -0.368 e. The van der Waals surface area contributed by atoms with Crippen molar-refractivity contribution >= 4 is 11.8 Å². The molecular weight excluding hydrogens is 264 g/mol. The Morgan fingerprint density at radius 1 is 1.33 bits per heavy atom. The topological polar surface area (TPSA) is 72.2 Å². The summed E-state index contributed by atoms with van der Waals surface area (Å²) >= 11 is 0. The van der Waals surface area contributed by atoms with Crippen molar-refractivity contribution < 1.29 is 9.59 Å². The van der Waals surface area contributed by atoms with Crippen LogP contribution in [-0.4, -0.2) is 17.9 Å². The molecule has 1 aliphatic rings. The maximum Gasteiger partial charge on any atom is 0.240 e. The molecule has 0 heterocycles. The second-order valence-corrected chi connectivity index (χ2v) is 6.07. The largest absolute Gasteiger partial charge is 0.368 e. The average molecular weight is 288 g/mol. The second-order valence-electron chi connectivity index (χ2n) is 6.07. The molecule has 0 spiro atoms. The minimum absolute atomic E-state index is 0.0571. The fourth-order valence-corrected chi connectivity index (χ4v) is 3.03. The fraction of sp³-hybridized carbons (Fsp3) is 0.529. The first-order chi connectivity index (χ1) is 10.0. The van der Waals surface area contributed by atoms with Gasteiger partial charge < -0.3 is 11.1 Å². The van der Waals surface area contributed by atoms with Gasteiger partial charge in [0.25, 0.3) is 0 Å². The lowest BCUT2D eigenvalue weighted by molar-refractivity contribution is -0.127. The molecule has 0 radical (unpaired) electrons. The lowest BCUT2D eigenvalue weighted by Crippen LogP contribution is -2.46. The van der Waals surface area contributed by atoms with E-state index in [1.165, 1.54) is 12.8 Å². The number of benzene rings is 1. The van der Waals surface area contributed by atoms with E-state index >= 15 is 0 Å². The standard InChI is InChI=1S/C17H24N2O2/c1-12-5-4-8-14(9-12)10-15(17(18)21)19-16(20)11-13-6-2-3-7-13/h4-5,8-9,13,15H,2-3,6-7,10-11H2,1H3,(H2,18,21)(H,19,20)/t15-/m1/s1. The summed E-state index contributed by atoms with van der Waals surface area (Å²) in [6.45, 7) is 2.00. The minimum atomic E-state index is -0.624. The normalized spacial score (nSPS) is 16.6. The van der Waals surface area contributed by atoms with E-state index in [-0.39, 0.29) is 5.91 Å². The molecule has 1 atom stereocenters. The Hall–Kier alpha value is -1.84. The molecule has 3 N–H and O–H groups in total. The molecule has 1 saturated carbocycles. The van der Waals surface area contributed by atoms with Gasteiger partial charge in [0.15, 0.2) is 0 Å². The molecule has 1 aromatic rings. The van der Waals surface area contributed by atoms with Crippen LogP contribution in [0, 0.1) is 12.8 Å². The molecule has 0 aliphatic heterocycles. The summed E-state index contributed by atoms with van der Waals surface area (Å²) in [7, 11) is 0. The third-order valence-corrected chi connectivity index (χ3v) is 4.15. The third kappa shape index (κ3) is 4.88. The number of aryl methyl sites for hydroxylation is 1. The summed E-state index contributed by atoms with van der Waals surface area (Å²) in [4.78, 5) is 23.6.